The van der Waals surface area contributed by atoms with Crippen LogP contribution in [0, 0.1) is 0 Å². The van der Waals surface area contributed by atoms with Gasteiger partial charge in [0.1, 0.15) is 12.3 Å². The molecule has 2 aromatic rings. The van der Waals surface area contributed by atoms with Gasteiger partial charge in [-0.1, -0.05) is 12.1 Å². The first-order valence-electron chi connectivity index (χ1n) is 9.21. The summed E-state index contributed by atoms with van der Waals surface area (Å²) < 4.78 is 6.68. The third kappa shape index (κ3) is 4.87. The minimum Gasteiger partial charge on any atom is -0.497 e. The maximum absolute atomic E-state index is 12.7. The Bertz CT molecular complexity index is 785. The summed E-state index contributed by atoms with van der Waals surface area (Å²) in [4.78, 5) is 25.6. The number of ether oxygens (including phenoxy) is 1. The lowest BCUT2D eigenvalue weighted by molar-refractivity contribution is -0.138. The Morgan fingerprint density at radius 1 is 1.26 bits per heavy atom. The monoisotopic (exact) mass is 371 g/mol. The molecule has 27 heavy (non-hydrogen) atoms. The third-order valence-corrected chi connectivity index (χ3v) is 5.01. The highest BCUT2D eigenvalue weighted by atomic mass is 16.5. The summed E-state index contributed by atoms with van der Waals surface area (Å²) in [5.41, 5.74) is 2.00. The van der Waals surface area contributed by atoms with E-state index in [1.165, 1.54) is 4.68 Å². The number of nitrogens with zero attached hydrogens (tertiary/aromatic N) is 3. The van der Waals surface area contributed by atoms with Gasteiger partial charge in [0, 0.05) is 37.3 Å². The zero-order valence-electron chi connectivity index (χ0n) is 15.5. The second-order valence-electron chi connectivity index (χ2n) is 6.83. The number of benzene rings is 1. The van der Waals surface area contributed by atoms with E-state index in [-0.39, 0.29) is 18.4 Å². The molecular weight excluding hydrogens is 346 g/mol. The van der Waals surface area contributed by atoms with Gasteiger partial charge in [-0.2, -0.15) is 5.10 Å². The SMILES string of the molecule is COc1ccc(CCC(=O)N2CCCC(c3ccnn3CC(=O)O)C2)cc1. The Kier molecular flexibility index (Phi) is 6.11. The molecule has 1 fully saturated rings. The van der Waals surface area contributed by atoms with Crippen LogP contribution >= 0.6 is 0 Å². The number of carboxylic acid groups (broad SMARTS) is 1. The largest absolute Gasteiger partial charge is 0.497 e. The van der Waals surface area contributed by atoms with Crippen molar-refractivity contribution in [2.45, 2.75) is 38.1 Å². The summed E-state index contributed by atoms with van der Waals surface area (Å²) in [5.74, 6) is 0.162. The number of aryl methyl sites for hydroxylation is 1. The van der Waals surface area contributed by atoms with Crippen LogP contribution in [0.1, 0.15) is 36.4 Å². The van der Waals surface area contributed by atoms with E-state index < -0.39 is 5.97 Å². The molecule has 0 aliphatic carbocycles. The van der Waals surface area contributed by atoms with E-state index in [4.69, 9.17) is 9.84 Å². The molecule has 0 spiro atoms. The molecule has 3 rings (SSSR count). The quantitative estimate of drug-likeness (QED) is 0.807. The Hall–Kier alpha value is -2.83. The smallest absolute Gasteiger partial charge is 0.325 e. The lowest BCUT2D eigenvalue weighted by Gasteiger charge is -2.33. The summed E-state index contributed by atoms with van der Waals surface area (Å²) >= 11 is 0. The fraction of sp³-hybridized carbons (Fsp3) is 0.450. The van der Waals surface area contributed by atoms with Crippen molar-refractivity contribution in [1.82, 2.24) is 14.7 Å². The number of piperidine rings is 1. The second-order valence-corrected chi connectivity index (χ2v) is 6.83. The van der Waals surface area contributed by atoms with E-state index >= 15 is 0 Å². The predicted molar refractivity (Wildman–Crippen MR) is 99.7 cm³/mol. The van der Waals surface area contributed by atoms with Crippen LogP contribution < -0.4 is 4.74 Å². The number of likely N-dealkylation sites (tertiary alicyclic amines) is 1. The van der Waals surface area contributed by atoms with Gasteiger partial charge in [-0.05, 0) is 43.0 Å². The van der Waals surface area contributed by atoms with Gasteiger partial charge in [0.2, 0.25) is 5.91 Å². The molecule has 1 atom stereocenters. The number of aromatic nitrogens is 2. The zero-order valence-corrected chi connectivity index (χ0v) is 15.5. The summed E-state index contributed by atoms with van der Waals surface area (Å²) in [7, 11) is 1.63. The van der Waals surface area contributed by atoms with Crippen molar-refractivity contribution in [3.05, 3.63) is 47.8 Å². The van der Waals surface area contributed by atoms with Gasteiger partial charge in [0.15, 0.2) is 0 Å². The Morgan fingerprint density at radius 2 is 2.04 bits per heavy atom. The zero-order chi connectivity index (χ0) is 19.2. The highest BCUT2D eigenvalue weighted by molar-refractivity contribution is 5.76. The summed E-state index contributed by atoms with van der Waals surface area (Å²) in [6, 6.07) is 9.63. The number of carboxylic acids is 1. The summed E-state index contributed by atoms with van der Waals surface area (Å²) in [6.45, 7) is 1.22. The molecule has 0 saturated carbocycles. The number of carbonyl (C=O) groups excluding carboxylic acids is 1. The van der Waals surface area contributed by atoms with E-state index in [2.05, 4.69) is 5.10 Å². The van der Waals surface area contributed by atoms with Crippen LogP contribution in [0.2, 0.25) is 0 Å². The first kappa shape index (κ1) is 18.9. The molecule has 1 aromatic heterocycles. The molecule has 1 unspecified atom stereocenters. The number of hydrogen-bond acceptors (Lipinski definition) is 4. The average Bonchev–Trinajstić information content (AvgIpc) is 3.14. The molecule has 1 saturated heterocycles. The molecule has 7 heteroatoms. The fourth-order valence-electron chi connectivity index (χ4n) is 3.60. The van der Waals surface area contributed by atoms with E-state index in [9.17, 15) is 9.59 Å². The Morgan fingerprint density at radius 3 is 2.74 bits per heavy atom. The van der Waals surface area contributed by atoms with Crippen molar-refractivity contribution >= 4 is 11.9 Å². The predicted octanol–water partition coefficient (Wildman–Crippen LogP) is 2.32. The van der Waals surface area contributed by atoms with Crippen molar-refractivity contribution in [2.24, 2.45) is 0 Å². The first-order valence-corrected chi connectivity index (χ1v) is 9.21. The van der Waals surface area contributed by atoms with E-state index in [0.717, 1.165) is 36.4 Å². The number of methoxy groups -OCH3 is 1. The van der Waals surface area contributed by atoms with Gasteiger partial charge in [-0.25, -0.2) is 0 Å². The van der Waals surface area contributed by atoms with Crippen LogP contribution in [0.3, 0.4) is 0 Å². The van der Waals surface area contributed by atoms with E-state index in [0.29, 0.717) is 19.4 Å². The number of aliphatic carboxylic acids is 1. The molecule has 1 aliphatic rings. The summed E-state index contributed by atoms with van der Waals surface area (Å²) in [6.07, 6.45) is 4.64. The minimum atomic E-state index is -0.914. The van der Waals surface area contributed by atoms with Crippen molar-refractivity contribution < 1.29 is 19.4 Å². The van der Waals surface area contributed by atoms with Gasteiger partial charge in [0.25, 0.3) is 0 Å². The normalized spacial score (nSPS) is 16.9. The molecule has 1 amide bonds. The first-order chi connectivity index (χ1) is 13.1. The van der Waals surface area contributed by atoms with Crippen LogP contribution in [0.4, 0.5) is 0 Å². The Balaban J connectivity index is 1.57. The number of rotatable bonds is 7. The van der Waals surface area contributed by atoms with Crippen molar-refractivity contribution in [1.29, 1.82) is 0 Å². The molecule has 0 bridgehead atoms. The third-order valence-electron chi connectivity index (χ3n) is 5.01. The molecule has 1 N–H and O–H groups in total. The van der Waals surface area contributed by atoms with Crippen LogP contribution in [0.5, 0.6) is 5.75 Å². The maximum atomic E-state index is 12.7. The van der Waals surface area contributed by atoms with Crippen molar-refractivity contribution in [2.75, 3.05) is 20.2 Å². The lowest BCUT2D eigenvalue weighted by Crippen LogP contribution is -2.39. The second kappa shape index (κ2) is 8.70. The molecule has 144 valence electrons. The Labute approximate surface area is 158 Å². The van der Waals surface area contributed by atoms with Crippen LogP contribution in [-0.4, -0.2) is 51.9 Å². The van der Waals surface area contributed by atoms with Crippen LogP contribution in [0.15, 0.2) is 36.5 Å². The van der Waals surface area contributed by atoms with Crippen molar-refractivity contribution in [3.63, 3.8) is 0 Å². The van der Waals surface area contributed by atoms with E-state index in [1.807, 2.05) is 35.2 Å². The molecule has 1 aromatic carbocycles. The number of amides is 1. The average molecular weight is 371 g/mol. The van der Waals surface area contributed by atoms with Gasteiger partial charge >= 0.3 is 5.97 Å². The maximum Gasteiger partial charge on any atom is 0.325 e. The highest BCUT2D eigenvalue weighted by Gasteiger charge is 2.27. The lowest BCUT2D eigenvalue weighted by atomic mass is 9.94. The molecule has 1 aliphatic heterocycles. The van der Waals surface area contributed by atoms with Gasteiger partial charge < -0.3 is 14.7 Å². The topological polar surface area (TPSA) is 84.7 Å². The minimum absolute atomic E-state index is 0.130. The van der Waals surface area contributed by atoms with Crippen LogP contribution in [-0.2, 0) is 22.6 Å². The van der Waals surface area contributed by atoms with Gasteiger partial charge in [0.05, 0.1) is 7.11 Å². The molecule has 2 heterocycles. The highest BCUT2D eigenvalue weighted by Crippen LogP contribution is 2.27. The fourth-order valence-corrected chi connectivity index (χ4v) is 3.60. The standard InChI is InChI=1S/C20H25N3O4/c1-27-17-7-4-15(5-8-17)6-9-19(24)22-12-2-3-16(13-22)18-10-11-21-23(18)14-20(25)26/h4-5,7-8,10-11,16H,2-3,6,9,12-14H2,1H3,(H,25,26). The van der Waals surface area contributed by atoms with Crippen molar-refractivity contribution in [3.8, 4) is 5.75 Å². The van der Waals surface area contributed by atoms with Crippen LogP contribution in [0.25, 0.3) is 0 Å². The summed E-state index contributed by atoms with van der Waals surface area (Å²) in [5, 5.41) is 13.1. The van der Waals surface area contributed by atoms with E-state index in [1.54, 1.807) is 13.3 Å². The number of hydrogen-bond donors (Lipinski definition) is 1. The molecular formula is C20H25N3O4. The molecule has 0 radical (unpaired) electrons. The van der Waals surface area contributed by atoms with Gasteiger partial charge in [-0.15, -0.1) is 0 Å². The molecule has 7 nitrogen and oxygen atoms in total. The number of carbonyl (C=O) groups is 2. The van der Waals surface area contributed by atoms with Gasteiger partial charge in [-0.3, -0.25) is 14.3 Å².